The normalized spacial score (nSPS) is 21.9. The quantitative estimate of drug-likeness (QED) is 0.904. The van der Waals surface area contributed by atoms with Gasteiger partial charge >= 0.3 is 0 Å². The number of sulfonamides is 1. The van der Waals surface area contributed by atoms with E-state index < -0.39 is 10.0 Å². The molecule has 2 rings (SSSR count). The number of hydrogen-bond acceptors (Lipinski definition) is 2. The molecule has 1 heterocycles. The van der Waals surface area contributed by atoms with E-state index in [4.69, 9.17) is 0 Å². The lowest BCUT2D eigenvalue weighted by Crippen LogP contribution is -2.30. The SMILES string of the molecule is CC1=CN/C(=N\S(=O)(=O)c2ccc(C)cc2)C(C)C1. The summed E-state index contributed by atoms with van der Waals surface area (Å²) >= 11 is 0. The third kappa shape index (κ3) is 3.23. The molecule has 0 amide bonds. The van der Waals surface area contributed by atoms with Crippen molar-refractivity contribution in [3.63, 3.8) is 0 Å². The molecule has 0 saturated heterocycles. The maximum Gasteiger partial charge on any atom is 0.283 e. The van der Waals surface area contributed by atoms with Gasteiger partial charge < -0.3 is 5.32 Å². The number of amidine groups is 1. The van der Waals surface area contributed by atoms with Gasteiger partial charge in [-0.05, 0) is 32.4 Å². The van der Waals surface area contributed by atoms with Gasteiger partial charge in [0.15, 0.2) is 0 Å². The summed E-state index contributed by atoms with van der Waals surface area (Å²) in [7, 11) is -3.63. The minimum absolute atomic E-state index is 0.0882. The second kappa shape index (κ2) is 5.17. The van der Waals surface area contributed by atoms with Crippen LogP contribution in [0.3, 0.4) is 0 Å². The number of nitrogens with zero attached hydrogens (tertiary/aromatic N) is 1. The molecule has 1 aliphatic rings. The molecule has 1 N–H and O–H groups in total. The number of aryl methyl sites for hydroxylation is 1. The highest BCUT2D eigenvalue weighted by atomic mass is 32.2. The van der Waals surface area contributed by atoms with Gasteiger partial charge in [-0.1, -0.05) is 30.2 Å². The molecule has 4 nitrogen and oxygen atoms in total. The van der Waals surface area contributed by atoms with Crippen molar-refractivity contribution < 1.29 is 8.42 Å². The van der Waals surface area contributed by atoms with Gasteiger partial charge in [0.05, 0.1) is 4.90 Å². The van der Waals surface area contributed by atoms with Crippen LogP contribution < -0.4 is 5.32 Å². The largest absolute Gasteiger partial charge is 0.349 e. The smallest absolute Gasteiger partial charge is 0.283 e. The van der Waals surface area contributed by atoms with Gasteiger partial charge in [0.1, 0.15) is 5.84 Å². The van der Waals surface area contributed by atoms with E-state index in [-0.39, 0.29) is 10.8 Å². The molecule has 102 valence electrons. The Balaban J connectivity index is 2.33. The second-order valence-corrected chi connectivity index (χ2v) is 6.61. The van der Waals surface area contributed by atoms with Crippen LogP contribution in [0.4, 0.5) is 0 Å². The Morgan fingerprint density at radius 2 is 1.84 bits per heavy atom. The fourth-order valence-corrected chi connectivity index (χ4v) is 3.06. The third-order valence-corrected chi connectivity index (χ3v) is 4.40. The van der Waals surface area contributed by atoms with Crippen LogP contribution in [0.1, 0.15) is 25.8 Å². The summed E-state index contributed by atoms with van der Waals surface area (Å²) in [4.78, 5) is 0.228. The van der Waals surface area contributed by atoms with Crippen molar-refractivity contribution in [1.82, 2.24) is 5.32 Å². The molecule has 1 unspecified atom stereocenters. The van der Waals surface area contributed by atoms with Gasteiger partial charge in [-0.15, -0.1) is 4.40 Å². The van der Waals surface area contributed by atoms with Crippen molar-refractivity contribution in [2.45, 2.75) is 32.1 Å². The first-order valence-electron chi connectivity index (χ1n) is 6.22. The van der Waals surface area contributed by atoms with Crippen LogP contribution in [0.25, 0.3) is 0 Å². The molecule has 1 atom stereocenters. The fraction of sp³-hybridized carbons (Fsp3) is 0.357. The van der Waals surface area contributed by atoms with Gasteiger partial charge in [-0.25, -0.2) is 0 Å². The fourth-order valence-electron chi connectivity index (χ4n) is 1.99. The maximum absolute atomic E-state index is 12.2. The van der Waals surface area contributed by atoms with E-state index in [1.54, 1.807) is 24.3 Å². The van der Waals surface area contributed by atoms with Gasteiger partial charge in [-0.3, -0.25) is 0 Å². The molecule has 5 heteroatoms. The second-order valence-electron chi connectivity index (χ2n) is 5.00. The molecular formula is C14H18N2O2S. The molecule has 0 spiro atoms. The zero-order valence-electron chi connectivity index (χ0n) is 11.3. The van der Waals surface area contributed by atoms with E-state index in [1.165, 1.54) is 5.57 Å². The van der Waals surface area contributed by atoms with Crippen LogP contribution in [0, 0.1) is 12.8 Å². The van der Waals surface area contributed by atoms with E-state index in [0.717, 1.165) is 12.0 Å². The van der Waals surface area contributed by atoms with Gasteiger partial charge in [0.25, 0.3) is 10.0 Å². The lowest BCUT2D eigenvalue weighted by atomic mass is 9.99. The molecule has 1 aliphatic heterocycles. The van der Waals surface area contributed by atoms with Gasteiger partial charge in [0.2, 0.25) is 0 Å². The Morgan fingerprint density at radius 1 is 1.21 bits per heavy atom. The summed E-state index contributed by atoms with van der Waals surface area (Å²) in [5.74, 6) is 0.594. The average Bonchev–Trinajstić information content (AvgIpc) is 2.33. The predicted octanol–water partition coefficient (Wildman–Crippen LogP) is 2.62. The van der Waals surface area contributed by atoms with Crippen molar-refractivity contribution in [2.75, 3.05) is 0 Å². The lowest BCUT2D eigenvalue weighted by molar-refractivity contribution is 0.596. The van der Waals surface area contributed by atoms with E-state index in [0.29, 0.717) is 5.84 Å². The summed E-state index contributed by atoms with van der Waals surface area (Å²) in [5.41, 5.74) is 2.22. The van der Waals surface area contributed by atoms with E-state index >= 15 is 0 Å². The van der Waals surface area contributed by atoms with Crippen LogP contribution in [0.15, 0.2) is 45.3 Å². The molecule has 0 bridgehead atoms. The highest BCUT2D eigenvalue weighted by Gasteiger charge is 2.20. The predicted molar refractivity (Wildman–Crippen MR) is 76.5 cm³/mol. The molecule has 0 aliphatic carbocycles. The first-order chi connectivity index (χ1) is 8.88. The van der Waals surface area contributed by atoms with Crippen molar-refractivity contribution in [1.29, 1.82) is 0 Å². The van der Waals surface area contributed by atoms with Crippen molar-refractivity contribution in [3.05, 3.63) is 41.6 Å². The average molecular weight is 278 g/mol. The van der Waals surface area contributed by atoms with Crippen LogP contribution in [0.5, 0.6) is 0 Å². The number of rotatable bonds is 2. The zero-order valence-corrected chi connectivity index (χ0v) is 12.2. The first-order valence-corrected chi connectivity index (χ1v) is 7.66. The molecule has 1 aromatic rings. The Labute approximate surface area is 114 Å². The van der Waals surface area contributed by atoms with Crippen LogP contribution in [-0.2, 0) is 10.0 Å². The standard InChI is InChI=1S/C14H18N2O2S/c1-10-4-6-13(7-5-10)19(17,18)16-14-12(3)8-11(2)9-15-14/h4-7,9,12H,8H2,1-3H3,(H,15,16). The number of hydrogen-bond donors (Lipinski definition) is 1. The Morgan fingerprint density at radius 3 is 2.42 bits per heavy atom. The Kier molecular flexibility index (Phi) is 3.75. The zero-order chi connectivity index (χ0) is 14.0. The van der Waals surface area contributed by atoms with Crippen LogP contribution in [-0.4, -0.2) is 14.3 Å². The van der Waals surface area contributed by atoms with Crippen LogP contribution >= 0.6 is 0 Å². The minimum Gasteiger partial charge on any atom is -0.349 e. The first kappa shape index (κ1) is 13.8. The highest BCUT2D eigenvalue weighted by molar-refractivity contribution is 7.90. The van der Waals surface area contributed by atoms with Gasteiger partial charge in [0, 0.05) is 12.1 Å². The molecule has 0 radical (unpaired) electrons. The molecular weight excluding hydrogens is 260 g/mol. The number of benzene rings is 1. The number of allylic oxidation sites excluding steroid dienone is 1. The summed E-state index contributed by atoms with van der Waals surface area (Å²) in [6, 6.07) is 6.72. The van der Waals surface area contributed by atoms with Crippen LogP contribution in [0.2, 0.25) is 0 Å². The van der Waals surface area contributed by atoms with Crippen molar-refractivity contribution >= 4 is 15.9 Å². The summed E-state index contributed by atoms with van der Waals surface area (Å²) in [6.45, 7) is 5.89. The summed E-state index contributed by atoms with van der Waals surface area (Å²) in [5, 5.41) is 2.96. The van der Waals surface area contributed by atoms with Gasteiger partial charge in [-0.2, -0.15) is 8.42 Å². The summed E-state index contributed by atoms with van der Waals surface area (Å²) in [6.07, 6.45) is 2.64. The highest BCUT2D eigenvalue weighted by Crippen LogP contribution is 2.19. The third-order valence-electron chi connectivity index (χ3n) is 3.10. The molecule has 1 aromatic carbocycles. The maximum atomic E-state index is 12.2. The molecule has 0 saturated carbocycles. The number of nitrogens with one attached hydrogen (secondary N) is 1. The Bertz CT molecular complexity index is 628. The van der Waals surface area contributed by atoms with E-state index in [1.807, 2.05) is 27.0 Å². The van der Waals surface area contributed by atoms with E-state index in [2.05, 4.69) is 9.71 Å². The lowest BCUT2D eigenvalue weighted by Gasteiger charge is -2.20. The topological polar surface area (TPSA) is 58.5 Å². The van der Waals surface area contributed by atoms with Crippen molar-refractivity contribution in [2.24, 2.45) is 10.3 Å². The molecule has 19 heavy (non-hydrogen) atoms. The monoisotopic (exact) mass is 278 g/mol. The van der Waals surface area contributed by atoms with Crippen molar-refractivity contribution in [3.8, 4) is 0 Å². The summed E-state index contributed by atoms with van der Waals surface area (Å²) < 4.78 is 28.3. The minimum atomic E-state index is -3.63. The molecule has 0 fully saturated rings. The molecule has 0 aromatic heterocycles. The van der Waals surface area contributed by atoms with E-state index in [9.17, 15) is 8.42 Å². The Hall–Kier alpha value is -1.62.